The molecule has 0 aliphatic rings. The molecule has 0 saturated heterocycles. The summed E-state index contributed by atoms with van der Waals surface area (Å²) in [6, 6.07) is 11.6. The van der Waals surface area contributed by atoms with E-state index in [0.717, 1.165) is 27.9 Å². The van der Waals surface area contributed by atoms with Crippen molar-refractivity contribution in [3.05, 3.63) is 67.0 Å². The second-order valence-electron chi connectivity index (χ2n) is 6.17. The molecule has 28 heavy (non-hydrogen) atoms. The van der Waals surface area contributed by atoms with Crippen LogP contribution in [0.4, 0.5) is 0 Å². The summed E-state index contributed by atoms with van der Waals surface area (Å²) in [4.78, 5) is 0. The maximum absolute atomic E-state index is 5.87. The van der Waals surface area contributed by atoms with Crippen LogP contribution >= 0.6 is 11.8 Å². The van der Waals surface area contributed by atoms with E-state index < -0.39 is 0 Å². The zero-order chi connectivity index (χ0) is 19.5. The van der Waals surface area contributed by atoms with Crippen LogP contribution in [0.25, 0.3) is 22.8 Å². The summed E-state index contributed by atoms with van der Waals surface area (Å²) in [7, 11) is 0. The van der Waals surface area contributed by atoms with Gasteiger partial charge in [-0.3, -0.25) is 4.57 Å². The number of benzene rings is 1. The highest BCUT2D eigenvalue weighted by Gasteiger charge is 2.22. The predicted molar refractivity (Wildman–Crippen MR) is 107 cm³/mol. The Kier molecular flexibility index (Phi) is 5.12. The molecule has 4 aromatic rings. The molecule has 7 nitrogen and oxygen atoms in total. The third-order valence-electron chi connectivity index (χ3n) is 4.22. The van der Waals surface area contributed by atoms with Crippen molar-refractivity contribution in [2.24, 2.45) is 0 Å². The van der Waals surface area contributed by atoms with Gasteiger partial charge in [-0.05, 0) is 32.0 Å². The number of aryl methyl sites for hydroxylation is 1. The van der Waals surface area contributed by atoms with Gasteiger partial charge in [-0.2, -0.15) is 0 Å². The summed E-state index contributed by atoms with van der Waals surface area (Å²) in [6.07, 6.45) is 3.47. The van der Waals surface area contributed by atoms with Crippen molar-refractivity contribution in [1.82, 2.24) is 25.0 Å². The molecule has 0 fully saturated rings. The normalized spacial score (nSPS) is 12.2. The van der Waals surface area contributed by atoms with Crippen LogP contribution in [0.3, 0.4) is 0 Å². The summed E-state index contributed by atoms with van der Waals surface area (Å²) in [5.41, 5.74) is 1.81. The molecular formula is C20H19N5O2S. The molecule has 0 radical (unpaired) electrons. The van der Waals surface area contributed by atoms with Gasteiger partial charge >= 0.3 is 0 Å². The molecule has 3 heterocycles. The van der Waals surface area contributed by atoms with Gasteiger partial charge in [0.2, 0.25) is 11.8 Å². The van der Waals surface area contributed by atoms with Crippen molar-refractivity contribution in [2.75, 3.05) is 0 Å². The molecule has 0 aliphatic heterocycles. The SMILES string of the molecule is C=CCn1c(SC(C)c2nnc(-c3ccccc3)o2)nnc1-c1ccoc1C. The average Bonchev–Trinajstić information content (AvgIpc) is 3.44. The van der Waals surface area contributed by atoms with Gasteiger partial charge in [-0.25, -0.2) is 0 Å². The van der Waals surface area contributed by atoms with E-state index in [9.17, 15) is 0 Å². The van der Waals surface area contributed by atoms with Crippen LogP contribution in [0.5, 0.6) is 0 Å². The molecule has 0 aliphatic carbocycles. The quantitative estimate of drug-likeness (QED) is 0.325. The highest BCUT2D eigenvalue weighted by Crippen LogP contribution is 2.36. The first kappa shape index (κ1) is 18.2. The van der Waals surface area contributed by atoms with E-state index in [1.165, 1.54) is 11.8 Å². The lowest BCUT2D eigenvalue weighted by Gasteiger charge is -2.09. The first-order valence-corrected chi connectivity index (χ1v) is 9.69. The summed E-state index contributed by atoms with van der Waals surface area (Å²) in [5, 5.41) is 17.7. The lowest BCUT2D eigenvalue weighted by Crippen LogP contribution is -2.02. The van der Waals surface area contributed by atoms with Crippen LogP contribution in [0.15, 0.2) is 69.3 Å². The average molecular weight is 393 g/mol. The van der Waals surface area contributed by atoms with Crippen LogP contribution < -0.4 is 0 Å². The number of nitrogens with zero attached hydrogens (tertiary/aromatic N) is 5. The van der Waals surface area contributed by atoms with E-state index in [1.54, 1.807) is 6.26 Å². The predicted octanol–water partition coefficient (Wildman–Crippen LogP) is 4.94. The Balaban J connectivity index is 1.59. The van der Waals surface area contributed by atoms with Crippen LogP contribution in [0.2, 0.25) is 0 Å². The number of furan rings is 1. The Morgan fingerprint density at radius 3 is 2.68 bits per heavy atom. The molecule has 4 rings (SSSR count). The summed E-state index contributed by atoms with van der Waals surface area (Å²) in [6.45, 7) is 8.34. The minimum Gasteiger partial charge on any atom is -0.469 e. The van der Waals surface area contributed by atoms with Gasteiger partial charge in [0.25, 0.3) is 0 Å². The lowest BCUT2D eigenvalue weighted by atomic mass is 10.2. The first-order chi connectivity index (χ1) is 13.7. The van der Waals surface area contributed by atoms with Crippen molar-refractivity contribution in [1.29, 1.82) is 0 Å². The van der Waals surface area contributed by atoms with Gasteiger partial charge in [0.1, 0.15) is 5.76 Å². The summed E-state index contributed by atoms with van der Waals surface area (Å²) >= 11 is 1.51. The van der Waals surface area contributed by atoms with Gasteiger partial charge in [0.05, 0.1) is 17.1 Å². The first-order valence-electron chi connectivity index (χ1n) is 8.81. The van der Waals surface area contributed by atoms with Crippen LogP contribution in [-0.4, -0.2) is 25.0 Å². The fourth-order valence-electron chi connectivity index (χ4n) is 2.79. The molecule has 0 bridgehead atoms. The molecule has 142 valence electrons. The standard InChI is InChI=1S/C20H19N5O2S/c1-4-11-25-17(16-10-12-26-13(16)2)21-24-20(25)28-14(3)18-22-23-19(27-18)15-8-6-5-7-9-15/h4-10,12,14H,1,11H2,2-3H3. The molecule has 1 unspecified atom stereocenters. The monoisotopic (exact) mass is 393 g/mol. The Morgan fingerprint density at radius 1 is 1.14 bits per heavy atom. The fraction of sp³-hybridized carbons (Fsp3) is 0.200. The maximum atomic E-state index is 5.87. The van der Waals surface area contributed by atoms with E-state index in [2.05, 4.69) is 27.0 Å². The molecule has 8 heteroatoms. The molecular weight excluding hydrogens is 374 g/mol. The molecule has 1 atom stereocenters. The van der Waals surface area contributed by atoms with Gasteiger partial charge < -0.3 is 8.83 Å². The third-order valence-corrected chi connectivity index (χ3v) is 5.29. The smallest absolute Gasteiger partial charge is 0.247 e. The van der Waals surface area contributed by atoms with Crippen LogP contribution in [0, 0.1) is 6.92 Å². The molecule has 3 aromatic heterocycles. The second-order valence-corrected chi connectivity index (χ2v) is 7.48. The Labute approximate surface area is 166 Å². The minimum absolute atomic E-state index is 0.0870. The van der Waals surface area contributed by atoms with E-state index >= 15 is 0 Å². The van der Waals surface area contributed by atoms with Crippen molar-refractivity contribution in [3.63, 3.8) is 0 Å². The Morgan fingerprint density at radius 2 is 1.96 bits per heavy atom. The van der Waals surface area contributed by atoms with Crippen molar-refractivity contribution in [2.45, 2.75) is 30.8 Å². The molecule has 0 N–H and O–H groups in total. The van der Waals surface area contributed by atoms with Gasteiger partial charge in [-0.1, -0.05) is 36.0 Å². The third kappa shape index (κ3) is 3.50. The van der Waals surface area contributed by atoms with Gasteiger partial charge in [0, 0.05) is 12.1 Å². The number of thioether (sulfide) groups is 1. The maximum Gasteiger partial charge on any atom is 0.247 e. The van der Waals surface area contributed by atoms with E-state index in [1.807, 2.05) is 60.9 Å². The molecule has 1 aromatic carbocycles. The number of allylic oxidation sites excluding steroid dienone is 1. The summed E-state index contributed by atoms with van der Waals surface area (Å²) < 4.78 is 13.3. The Bertz CT molecular complexity index is 1080. The molecule has 0 saturated carbocycles. The number of hydrogen-bond acceptors (Lipinski definition) is 7. The highest BCUT2D eigenvalue weighted by molar-refractivity contribution is 7.99. The highest BCUT2D eigenvalue weighted by atomic mass is 32.2. The zero-order valence-electron chi connectivity index (χ0n) is 15.6. The largest absolute Gasteiger partial charge is 0.469 e. The number of hydrogen-bond donors (Lipinski definition) is 0. The molecule has 0 amide bonds. The lowest BCUT2D eigenvalue weighted by molar-refractivity contribution is 0.508. The summed E-state index contributed by atoms with van der Waals surface area (Å²) in [5.74, 6) is 2.59. The zero-order valence-corrected chi connectivity index (χ0v) is 16.4. The van der Waals surface area contributed by atoms with E-state index in [0.29, 0.717) is 18.3 Å². The van der Waals surface area contributed by atoms with Crippen molar-refractivity contribution in [3.8, 4) is 22.8 Å². The topological polar surface area (TPSA) is 82.8 Å². The number of aromatic nitrogens is 5. The van der Waals surface area contributed by atoms with E-state index in [4.69, 9.17) is 8.83 Å². The second kappa shape index (κ2) is 7.85. The van der Waals surface area contributed by atoms with E-state index in [-0.39, 0.29) is 5.25 Å². The van der Waals surface area contributed by atoms with Gasteiger partial charge in [0.15, 0.2) is 11.0 Å². The minimum atomic E-state index is -0.0870. The van der Waals surface area contributed by atoms with Crippen molar-refractivity contribution < 1.29 is 8.83 Å². The van der Waals surface area contributed by atoms with Crippen LogP contribution in [-0.2, 0) is 6.54 Å². The Hall–Kier alpha value is -3.13. The fourth-order valence-corrected chi connectivity index (χ4v) is 3.68. The molecule has 0 spiro atoms. The van der Waals surface area contributed by atoms with Crippen LogP contribution in [0.1, 0.15) is 23.8 Å². The van der Waals surface area contributed by atoms with Gasteiger partial charge in [-0.15, -0.1) is 27.0 Å². The van der Waals surface area contributed by atoms with Crippen molar-refractivity contribution >= 4 is 11.8 Å². The number of rotatable bonds is 7.